The first kappa shape index (κ1) is 20.4. The Hall–Kier alpha value is -1.87. The van der Waals surface area contributed by atoms with Gasteiger partial charge in [0.1, 0.15) is 4.83 Å². The van der Waals surface area contributed by atoms with Crippen LogP contribution in [0.5, 0.6) is 0 Å². The van der Waals surface area contributed by atoms with Crippen molar-refractivity contribution in [3.63, 3.8) is 0 Å². The van der Waals surface area contributed by atoms with Crippen LogP contribution in [0.1, 0.15) is 37.6 Å². The number of carbonyl (C=O) groups excluding carboxylic acids is 2. The van der Waals surface area contributed by atoms with Gasteiger partial charge in [0.2, 0.25) is 5.91 Å². The summed E-state index contributed by atoms with van der Waals surface area (Å²) in [6, 6.07) is 0. The number of H-pyrrole nitrogens is 1. The van der Waals surface area contributed by atoms with E-state index in [0.29, 0.717) is 21.3 Å². The molecule has 2 rings (SSSR count). The van der Waals surface area contributed by atoms with Gasteiger partial charge in [0.15, 0.2) is 5.16 Å². The number of alkyl carbamates (subject to hydrolysis) is 1. The predicted molar refractivity (Wildman–Crippen MR) is 104 cm³/mol. The summed E-state index contributed by atoms with van der Waals surface area (Å²) < 4.78 is 4.40. The maximum atomic E-state index is 12.6. The lowest BCUT2D eigenvalue weighted by Gasteiger charge is -2.10. The third-order valence-corrected chi connectivity index (χ3v) is 6.18. The van der Waals surface area contributed by atoms with E-state index in [4.69, 9.17) is 0 Å². The summed E-state index contributed by atoms with van der Waals surface area (Å²) in [5, 5.41) is 2.48. The molecule has 2 atom stereocenters. The first-order valence-corrected chi connectivity index (χ1v) is 10.0. The Balaban J connectivity index is 2.27. The van der Waals surface area contributed by atoms with E-state index in [0.717, 1.165) is 35.0 Å². The topological polar surface area (TPSA) is 101 Å². The smallest absolute Gasteiger partial charge is 0.413 e. The summed E-state index contributed by atoms with van der Waals surface area (Å²) in [6.07, 6.45) is 1.07. The van der Waals surface area contributed by atoms with Crippen LogP contribution in [0.4, 0.5) is 4.79 Å². The number of rotatable bonds is 6. The maximum Gasteiger partial charge on any atom is 0.413 e. The number of aromatic amines is 1. The van der Waals surface area contributed by atoms with E-state index in [1.54, 1.807) is 6.92 Å². The van der Waals surface area contributed by atoms with Gasteiger partial charge < -0.3 is 9.72 Å². The average molecular weight is 398 g/mol. The van der Waals surface area contributed by atoms with Gasteiger partial charge in [-0.2, -0.15) is 0 Å². The molecule has 7 nitrogen and oxygen atoms in total. The Kier molecular flexibility index (Phi) is 6.82. The van der Waals surface area contributed by atoms with Gasteiger partial charge in [-0.05, 0) is 31.7 Å². The molecule has 0 saturated heterocycles. The molecule has 0 saturated carbocycles. The summed E-state index contributed by atoms with van der Waals surface area (Å²) in [4.78, 5) is 44.7. The molecular weight excluding hydrogens is 374 g/mol. The van der Waals surface area contributed by atoms with Gasteiger partial charge in [0.05, 0.1) is 17.7 Å². The highest BCUT2D eigenvalue weighted by Gasteiger charge is 2.21. The fourth-order valence-electron chi connectivity index (χ4n) is 2.42. The van der Waals surface area contributed by atoms with Crippen LogP contribution in [0.2, 0.25) is 0 Å². The van der Waals surface area contributed by atoms with Crippen molar-refractivity contribution in [2.24, 2.45) is 5.92 Å². The van der Waals surface area contributed by atoms with Gasteiger partial charge in [0, 0.05) is 4.88 Å². The number of fused-ring (bicyclic) bond motifs is 1. The van der Waals surface area contributed by atoms with Gasteiger partial charge in [-0.1, -0.05) is 32.0 Å². The Morgan fingerprint density at radius 3 is 2.69 bits per heavy atom. The molecule has 0 unspecified atom stereocenters. The van der Waals surface area contributed by atoms with Gasteiger partial charge in [-0.25, -0.2) is 9.78 Å². The molecule has 26 heavy (non-hydrogen) atoms. The SMILES string of the molecule is CC[C@@H](C)Cc1c(C)sc2nc(S[C@@H](C)C(=O)NC(=O)OC)[nH]c(=O)c12. The van der Waals surface area contributed by atoms with Crippen LogP contribution in [-0.2, 0) is 16.0 Å². The summed E-state index contributed by atoms with van der Waals surface area (Å²) in [5.41, 5.74) is 0.863. The number of aromatic nitrogens is 2. The van der Waals surface area contributed by atoms with Crippen LogP contribution in [0, 0.1) is 12.8 Å². The van der Waals surface area contributed by atoms with Crippen molar-refractivity contribution in [2.75, 3.05) is 7.11 Å². The van der Waals surface area contributed by atoms with Crippen LogP contribution < -0.4 is 10.9 Å². The Labute approximate surface area is 159 Å². The van der Waals surface area contributed by atoms with Crippen LogP contribution in [-0.4, -0.2) is 34.3 Å². The molecule has 9 heteroatoms. The molecule has 0 aromatic carbocycles. The molecule has 2 aromatic heterocycles. The van der Waals surface area contributed by atoms with E-state index in [-0.39, 0.29) is 5.56 Å². The van der Waals surface area contributed by atoms with Crippen molar-refractivity contribution >= 4 is 45.3 Å². The molecule has 0 aliphatic carbocycles. The minimum Gasteiger partial charge on any atom is -0.453 e. The largest absolute Gasteiger partial charge is 0.453 e. The second kappa shape index (κ2) is 8.68. The zero-order chi connectivity index (χ0) is 19.4. The Morgan fingerprint density at radius 2 is 2.08 bits per heavy atom. The average Bonchev–Trinajstić information content (AvgIpc) is 2.90. The predicted octanol–water partition coefficient (Wildman–Crippen LogP) is 3.24. The molecule has 0 aliphatic heterocycles. The first-order chi connectivity index (χ1) is 12.3. The van der Waals surface area contributed by atoms with Gasteiger partial charge in [-0.15, -0.1) is 11.3 Å². The van der Waals surface area contributed by atoms with E-state index in [9.17, 15) is 14.4 Å². The Bertz CT molecular complexity index is 875. The molecule has 0 radical (unpaired) electrons. The number of carbonyl (C=O) groups is 2. The van der Waals surface area contributed by atoms with Crippen molar-refractivity contribution < 1.29 is 14.3 Å². The number of hydrogen-bond donors (Lipinski definition) is 2. The van der Waals surface area contributed by atoms with Crippen molar-refractivity contribution in [1.82, 2.24) is 15.3 Å². The zero-order valence-electron chi connectivity index (χ0n) is 15.5. The lowest BCUT2D eigenvalue weighted by Crippen LogP contribution is -2.36. The van der Waals surface area contributed by atoms with Crippen molar-refractivity contribution in [3.8, 4) is 0 Å². The number of nitrogens with zero attached hydrogens (tertiary/aromatic N) is 1. The highest BCUT2D eigenvalue weighted by atomic mass is 32.2. The number of ether oxygens (including phenoxy) is 1. The standard InChI is InChI=1S/C17H23N3O4S2/c1-6-8(2)7-11-9(3)25-15-12(11)14(22)18-16(20-15)26-10(4)13(21)19-17(23)24-5/h8,10H,6-7H2,1-5H3,(H,18,20,22)(H,19,21,23)/t8-,10+/m1/s1. The second-order valence-electron chi connectivity index (χ2n) is 6.15. The van der Waals surface area contributed by atoms with E-state index in [1.807, 2.05) is 6.92 Å². The van der Waals surface area contributed by atoms with E-state index in [2.05, 4.69) is 33.9 Å². The maximum absolute atomic E-state index is 12.6. The molecule has 0 aliphatic rings. The monoisotopic (exact) mass is 397 g/mol. The third kappa shape index (κ3) is 4.64. The molecule has 0 spiro atoms. The molecule has 0 fully saturated rings. The molecular formula is C17H23N3O4S2. The minimum absolute atomic E-state index is 0.194. The van der Waals surface area contributed by atoms with Gasteiger partial charge in [-0.3, -0.25) is 14.9 Å². The lowest BCUT2D eigenvalue weighted by atomic mass is 9.98. The molecule has 2 aromatic rings. The highest BCUT2D eigenvalue weighted by Crippen LogP contribution is 2.31. The molecule has 0 bridgehead atoms. The molecule has 2 amide bonds. The Morgan fingerprint density at radius 1 is 1.38 bits per heavy atom. The van der Waals surface area contributed by atoms with Crippen LogP contribution >= 0.6 is 23.1 Å². The quantitative estimate of drug-likeness (QED) is 0.573. The lowest BCUT2D eigenvalue weighted by molar-refractivity contribution is -0.119. The molecule has 142 valence electrons. The zero-order valence-corrected chi connectivity index (χ0v) is 17.1. The molecule has 2 N–H and O–H groups in total. The first-order valence-electron chi connectivity index (χ1n) is 8.34. The number of thiophene rings is 1. The van der Waals surface area contributed by atoms with E-state index in [1.165, 1.54) is 18.4 Å². The fourth-order valence-corrected chi connectivity index (χ4v) is 4.33. The number of thioether (sulfide) groups is 1. The summed E-state index contributed by atoms with van der Waals surface area (Å²) in [7, 11) is 1.18. The number of methoxy groups -OCH3 is 1. The second-order valence-corrected chi connectivity index (χ2v) is 8.68. The van der Waals surface area contributed by atoms with Crippen molar-refractivity contribution in [3.05, 3.63) is 20.8 Å². The summed E-state index contributed by atoms with van der Waals surface area (Å²) in [5.74, 6) is -0.0218. The normalized spacial score (nSPS) is 13.4. The number of aryl methyl sites for hydroxylation is 1. The molecule has 2 heterocycles. The van der Waals surface area contributed by atoms with E-state index >= 15 is 0 Å². The number of amides is 2. The summed E-state index contributed by atoms with van der Waals surface area (Å²) in [6.45, 7) is 7.92. The minimum atomic E-state index is -0.817. The fraction of sp³-hybridized carbons (Fsp3) is 0.529. The van der Waals surface area contributed by atoms with Crippen molar-refractivity contribution in [2.45, 2.75) is 50.9 Å². The van der Waals surface area contributed by atoms with Gasteiger partial charge in [0.25, 0.3) is 5.56 Å². The third-order valence-electron chi connectivity index (χ3n) is 4.16. The highest BCUT2D eigenvalue weighted by molar-refractivity contribution is 8.00. The van der Waals surface area contributed by atoms with Crippen LogP contribution in [0.3, 0.4) is 0 Å². The summed E-state index contributed by atoms with van der Waals surface area (Å²) >= 11 is 2.58. The van der Waals surface area contributed by atoms with E-state index < -0.39 is 17.3 Å². The van der Waals surface area contributed by atoms with Crippen molar-refractivity contribution in [1.29, 1.82) is 0 Å². The van der Waals surface area contributed by atoms with Gasteiger partial charge >= 0.3 is 6.09 Å². The van der Waals surface area contributed by atoms with Crippen LogP contribution in [0.25, 0.3) is 10.2 Å². The number of imide groups is 1. The number of hydrogen-bond acceptors (Lipinski definition) is 7. The van der Waals surface area contributed by atoms with Crippen LogP contribution in [0.15, 0.2) is 9.95 Å². The number of nitrogens with one attached hydrogen (secondary N) is 2.